The quantitative estimate of drug-likeness (QED) is 0.513. The molecule has 0 unspecified atom stereocenters. The molecule has 0 spiro atoms. The lowest BCUT2D eigenvalue weighted by Gasteiger charge is -2.20. The lowest BCUT2D eigenvalue weighted by Crippen LogP contribution is -2.28. The summed E-state index contributed by atoms with van der Waals surface area (Å²) in [6, 6.07) is 17.0. The molecule has 134 valence electrons. The second-order valence-electron chi connectivity index (χ2n) is 6.25. The molecule has 0 fully saturated rings. The minimum absolute atomic E-state index is 0.0173. The predicted octanol–water partition coefficient (Wildman–Crippen LogP) is 3.19. The van der Waals surface area contributed by atoms with Crippen molar-refractivity contribution in [3.05, 3.63) is 70.5 Å². The molecule has 3 aromatic rings. The summed E-state index contributed by atoms with van der Waals surface area (Å²) >= 11 is 1.30. The average molecular weight is 367 g/mol. The van der Waals surface area contributed by atoms with Crippen LogP contribution in [-0.2, 0) is 4.79 Å². The Morgan fingerprint density at radius 3 is 2.46 bits per heavy atom. The van der Waals surface area contributed by atoms with Crippen molar-refractivity contribution in [2.24, 2.45) is 0 Å². The smallest absolute Gasteiger partial charge is 0.262 e. The third-order valence-corrected chi connectivity index (χ3v) is 5.21. The van der Waals surface area contributed by atoms with E-state index < -0.39 is 0 Å². The molecule has 0 N–H and O–H groups in total. The summed E-state index contributed by atoms with van der Waals surface area (Å²) in [5, 5.41) is 1.14. The van der Waals surface area contributed by atoms with Gasteiger partial charge in [0.15, 0.2) is 5.16 Å². The minimum atomic E-state index is -0.183. The fourth-order valence-electron chi connectivity index (χ4n) is 2.70. The molecule has 6 heteroatoms. The standard InChI is InChI=1S/C20H21N3O2S/c1-14(15-9-5-4-6-10-15)23-19(25)16-11-7-8-12-17(16)21-20(23)26-13-18(24)22(2)3/h4-12,14H,13H2,1-3H3/t14-/m1/s1. The molecule has 1 atom stereocenters. The molecule has 2 aromatic carbocycles. The summed E-state index contributed by atoms with van der Waals surface area (Å²) < 4.78 is 1.69. The maximum atomic E-state index is 13.2. The maximum absolute atomic E-state index is 13.2. The molecular weight excluding hydrogens is 346 g/mol. The van der Waals surface area contributed by atoms with Crippen LogP contribution >= 0.6 is 11.8 Å². The molecule has 0 saturated carbocycles. The van der Waals surface area contributed by atoms with Gasteiger partial charge in [0, 0.05) is 14.1 Å². The van der Waals surface area contributed by atoms with Gasteiger partial charge in [0.1, 0.15) is 0 Å². The number of benzene rings is 2. The number of nitrogens with zero attached hydrogens (tertiary/aromatic N) is 3. The molecule has 1 amide bonds. The molecule has 0 aliphatic heterocycles. The van der Waals surface area contributed by atoms with Gasteiger partial charge >= 0.3 is 0 Å². The van der Waals surface area contributed by atoms with Crippen molar-refractivity contribution in [1.82, 2.24) is 14.5 Å². The Hall–Kier alpha value is -2.60. The van der Waals surface area contributed by atoms with E-state index in [1.807, 2.05) is 55.5 Å². The van der Waals surface area contributed by atoms with Crippen LogP contribution in [0.3, 0.4) is 0 Å². The minimum Gasteiger partial charge on any atom is -0.348 e. The molecule has 3 rings (SSSR count). The predicted molar refractivity (Wildman–Crippen MR) is 106 cm³/mol. The molecule has 0 radical (unpaired) electrons. The molecule has 26 heavy (non-hydrogen) atoms. The molecule has 5 nitrogen and oxygen atoms in total. The van der Waals surface area contributed by atoms with Crippen LogP contribution in [0.15, 0.2) is 64.5 Å². The van der Waals surface area contributed by atoms with Crippen LogP contribution in [-0.4, -0.2) is 40.2 Å². The van der Waals surface area contributed by atoms with Crippen LogP contribution in [0, 0.1) is 0 Å². The van der Waals surface area contributed by atoms with E-state index in [9.17, 15) is 9.59 Å². The first-order chi connectivity index (χ1) is 12.5. The number of thioether (sulfide) groups is 1. The average Bonchev–Trinajstić information content (AvgIpc) is 2.66. The number of para-hydroxylation sites is 1. The lowest BCUT2D eigenvalue weighted by atomic mass is 10.1. The number of carbonyl (C=O) groups is 1. The normalized spacial score (nSPS) is 12.1. The van der Waals surface area contributed by atoms with Crippen molar-refractivity contribution in [2.75, 3.05) is 19.8 Å². The fraction of sp³-hybridized carbons (Fsp3) is 0.250. The zero-order valence-corrected chi connectivity index (χ0v) is 15.9. The summed E-state index contributed by atoms with van der Waals surface area (Å²) in [5.74, 6) is 0.218. The number of amides is 1. The van der Waals surface area contributed by atoms with Gasteiger partial charge in [-0.25, -0.2) is 4.98 Å². The highest BCUT2D eigenvalue weighted by atomic mass is 32.2. The molecule has 0 aliphatic rings. The van der Waals surface area contributed by atoms with Crippen molar-refractivity contribution < 1.29 is 4.79 Å². The van der Waals surface area contributed by atoms with E-state index in [2.05, 4.69) is 4.98 Å². The van der Waals surface area contributed by atoms with Crippen molar-refractivity contribution in [1.29, 1.82) is 0 Å². The van der Waals surface area contributed by atoms with E-state index in [0.717, 1.165) is 5.56 Å². The number of hydrogen-bond donors (Lipinski definition) is 0. The molecule has 0 bridgehead atoms. The highest BCUT2D eigenvalue weighted by Gasteiger charge is 2.19. The Kier molecular flexibility index (Phi) is 5.42. The SMILES string of the molecule is C[C@H](c1ccccc1)n1c(SCC(=O)N(C)C)nc2ccccc2c1=O. The molecular formula is C20H21N3O2S. The zero-order valence-electron chi connectivity index (χ0n) is 15.0. The van der Waals surface area contributed by atoms with Crippen molar-refractivity contribution in [3.63, 3.8) is 0 Å². The van der Waals surface area contributed by atoms with Crippen LogP contribution in [0.5, 0.6) is 0 Å². The highest BCUT2D eigenvalue weighted by Crippen LogP contribution is 2.24. The zero-order chi connectivity index (χ0) is 18.7. The Morgan fingerprint density at radius 1 is 1.12 bits per heavy atom. The van der Waals surface area contributed by atoms with Crippen LogP contribution < -0.4 is 5.56 Å². The number of aromatic nitrogens is 2. The lowest BCUT2D eigenvalue weighted by molar-refractivity contribution is -0.125. The molecule has 0 aliphatic carbocycles. The molecule has 1 heterocycles. The summed E-state index contributed by atoms with van der Waals surface area (Å²) in [7, 11) is 3.44. The number of carbonyl (C=O) groups excluding carboxylic acids is 1. The van der Waals surface area contributed by atoms with E-state index in [4.69, 9.17) is 0 Å². The van der Waals surface area contributed by atoms with Gasteiger partial charge in [-0.2, -0.15) is 0 Å². The van der Waals surface area contributed by atoms with Gasteiger partial charge < -0.3 is 4.90 Å². The second-order valence-corrected chi connectivity index (χ2v) is 7.19. The van der Waals surface area contributed by atoms with Gasteiger partial charge in [-0.1, -0.05) is 54.2 Å². The van der Waals surface area contributed by atoms with Gasteiger partial charge in [0.05, 0.1) is 22.7 Å². The molecule has 1 aromatic heterocycles. The monoisotopic (exact) mass is 367 g/mol. The Morgan fingerprint density at radius 2 is 1.77 bits per heavy atom. The maximum Gasteiger partial charge on any atom is 0.262 e. The first-order valence-corrected chi connectivity index (χ1v) is 9.36. The number of hydrogen-bond acceptors (Lipinski definition) is 4. The summed E-state index contributed by atoms with van der Waals surface area (Å²) in [5.41, 5.74) is 1.58. The summed E-state index contributed by atoms with van der Waals surface area (Å²) in [6.45, 7) is 1.98. The van der Waals surface area contributed by atoms with Gasteiger partial charge in [-0.05, 0) is 24.6 Å². The summed E-state index contributed by atoms with van der Waals surface area (Å²) in [6.07, 6.45) is 0. The van der Waals surface area contributed by atoms with Crippen LogP contribution in [0.4, 0.5) is 0 Å². The van der Waals surface area contributed by atoms with Crippen LogP contribution in [0.1, 0.15) is 18.5 Å². The first-order valence-electron chi connectivity index (χ1n) is 8.38. The van der Waals surface area contributed by atoms with Crippen LogP contribution in [0.2, 0.25) is 0 Å². The second kappa shape index (κ2) is 7.74. The van der Waals surface area contributed by atoms with E-state index in [0.29, 0.717) is 16.1 Å². The Labute approximate surface area is 156 Å². The number of rotatable bonds is 5. The van der Waals surface area contributed by atoms with Crippen molar-refractivity contribution in [3.8, 4) is 0 Å². The first kappa shape index (κ1) is 18.2. The number of fused-ring (bicyclic) bond motifs is 1. The largest absolute Gasteiger partial charge is 0.348 e. The third kappa shape index (κ3) is 3.65. The fourth-order valence-corrected chi connectivity index (χ4v) is 3.76. The molecule has 0 saturated heterocycles. The Bertz CT molecular complexity index is 983. The van der Waals surface area contributed by atoms with Crippen molar-refractivity contribution in [2.45, 2.75) is 18.1 Å². The van der Waals surface area contributed by atoms with Gasteiger partial charge in [0.2, 0.25) is 5.91 Å². The van der Waals surface area contributed by atoms with Crippen LogP contribution in [0.25, 0.3) is 10.9 Å². The van der Waals surface area contributed by atoms with Gasteiger partial charge in [-0.3, -0.25) is 14.2 Å². The van der Waals surface area contributed by atoms with E-state index in [-0.39, 0.29) is 23.3 Å². The van der Waals surface area contributed by atoms with E-state index in [1.165, 1.54) is 16.7 Å². The topological polar surface area (TPSA) is 55.2 Å². The summed E-state index contributed by atoms with van der Waals surface area (Å²) in [4.78, 5) is 31.4. The van der Waals surface area contributed by atoms with E-state index >= 15 is 0 Å². The van der Waals surface area contributed by atoms with Gasteiger partial charge in [-0.15, -0.1) is 0 Å². The van der Waals surface area contributed by atoms with Crippen molar-refractivity contribution >= 4 is 28.6 Å². The van der Waals surface area contributed by atoms with Gasteiger partial charge in [0.25, 0.3) is 5.56 Å². The van der Waals surface area contributed by atoms with E-state index in [1.54, 1.807) is 24.7 Å². The third-order valence-electron chi connectivity index (χ3n) is 4.27. The Balaban J connectivity index is 2.11. The highest BCUT2D eigenvalue weighted by molar-refractivity contribution is 7.99.